The van der Waals surface area contributed by atoms with Gasteiger partial charge in [0.25, 0.3) is 5.56 Å². The maximum Gasteiger partial charge on any atom is 0.262 e. The number of hydrogen-bond acceptors (Lipinski definition) is 5. The molecule has 1 aliphatic heterocycles. The Labute approximate surface area is 156 Å². The molecule has 1 aliphatic carbocycles. The molecular formula is C19H25N3O3S. The Hall–Kier alpha value is -1.73. The topological polar surface area (TPSA) is 64.4 Å². The van der Waals surface area contributed by atoms with Crippen LogP contribution in [0.1, 0.15) is 37.6 Å². The predicted octanol–water partition coefficient (Wildman–Crippen LogP) is 2.22. The highest BCUT2D eigenvalue weighted by Gasteiger charge is 2.27. The lowest BCUT2D eigenvalue weighted by Crippen LogP contribution is -2.49. The van der Waals surface area contributed by atoms with Gasteiger partial charge < -0.3 is 9.64 Å². The van der Waals surface area contributed by atoms with Crippen LogP contribution in [-0.2, 0) is 28.9 Å². The average Bonchev–Trinajstić information content (AvgIpc) is 2.94. The summed E-state index contributed by atoms with van der Waals surface area (Å²) >= 11 is 1.64. The van der Waals surface area contributed by atoms with E-state index in [-0.39, 0.29) is 30.2 Å². The van der Waals surface area contributed by atoms with Crippen LogP contribution >= 0.6 is 11.3 Å². The molecule has 3 heterocycles. The van der Waals surface area contributed by atoms with Gasteiger partial charge in [0.1, 0.15) is 11.4 Å². The summed E-state index contributed by atoms with van der Waals surface area (Å²) < 4.78 is 7.16. The summed E-state index contributed by atoms with van der Waals surface area (Å²) in [5.41, 5.74) is 1.08. The molecule has 2 aromatic rings. The molecule has 1 saturated heterocycles. The standard InChI is InChI=1S/C19H25N3O3S/c1-11-4-5-14-15(6-11)26-18-17(14)19(24)22(10-20-18)9-16(23)21-7-12(2)25-13(3)8-21/h10-13H,4-9H2,1-3H3/t11-,12-,13-/m1/s1. The van der Waals surface area contributed by atoms with Crippen LogP contribution in [0.5, 0.6) is 0 Å². The first-order chi connectivity index (χ1) is 12.4. The molecule has 2 aromatic heterocycles. The van der Waals surface area contributed by atoms with Crippen molar-refractivity contribution in [2.24, 2.45) is 5.92 Å². The van der Waals surface area contributed by atoms with Crippen LogP contribution < -0.4 is 5.56 Å². The Kier molecular flexibility index (Phi) is 4.61. The zero-order valence-corrected chi connectivity index (χ0v) is 16.3. The van der Waals surface area contributed by atoms with Gasteiger partial charge in [0.15, 0.2) is 0 Å². The molecule has 140 valence electrons. The summed E-state index contributed by atoms with van der Waals surface area (Å²) in [6, 6.07) is 0. The predicted molar refractivity (Wildman–Crippen MR) is 102 cm³/mol. The van der Waals surface area contributed by atoms with Crippen LogP contribution in [-0.4, -0.2) is 45.7 Å². The van der Waals surface area contributed by atoms with Crippen molar-refractivity contribution in [3.63, 3.8) is 0 Å². The number of nitrogens with zero attached hydrogens (tertiary/aromatic N) is 3. The van der Waals surface area contributed by atoms with E-state index in [0.29, 0.717) is 19.0 Å². The van der Waals surface area contributed by atoms with E-state index in [9.17, 15) is 9.59 Å². The van der Waals surface area contributed by atoms with Gasteiger partial charge in [-0.05, 0) is 44.6 Å². The third-order valence-electron chi connectivity index (χ3n) is 5.36. The highest BCUT2D eigenvalue weighted by Crippen LogP contribution is 2.35. The monoisotopic (exact) mass is 375 g/mol. The second-order valence-corrected chi connectivity index (χ2v) is 8.85. The lowest BCUT2D eigenvalue weighted by atomic mass is 9.89. The van der Waals surface area contributed by atoms with Crippen LogP contribution in [0.15, 0.2) is 11.1 Å². The van der Waals surface area contributed by atoms with Crippen molar-refractivity contribution < 1.29 is 9.53 Å². The number of ether oxygens (including phenoxy) is 1. The largest absolute Gasteiger partial charge is 0.372 e. The van der Waals surface area contributed by atoms with Crippen molar-refractivity contribution in [2.45, 2.75) is 58.8 Å². The number of aryl methyl sites for hydroxylation is 1. The number of carbonyl (C=O) groups is 1. The number of rotatable bonds is 2. The molecule has 6 nitrogen and oxygen atoms in total. The van der Waals surface area contributed by atoms with Gasteiger partial charge in [-0.15, -0.1) is 11.3 Å². The van der Waals surface area contributed by atoms with Gasteiger partial charge in [0, 0.05) is 18.0 Å². The van der Waals surface area contributed by atoms with E-state index in [1.54, 1.807) is 16.2 Å². The first-order valence-electron chi connectivity index (χ1n) is 9.35. The number of aromatic nitrogens is 2. The van der Waals surface area contributed by atoms with Crippen LogP contribution in [0, 0.1) is 5.92 Å². The minimum absolute atomic E-state index is 0.0194. The number of fused-ring (bicyclic) bond motifs is 3. The van der Waals surface area contributed by atoms with E-state index in [1.807, 2.05) is 13.8 Å². The van der Waals surface area contributed by atoms with E-state index >= 15 is 0 Å². The second kappa shape index (κ2) is 6.78. The summed E-state index contributed by atoms with van der Waals surface area (Å²) in [4.78, 5) is 34.1. The molecule has 0 spiro atoms. The van der Waals surface area contributed by atoms with Crippen LogP contribution in [0.3, 0.4) is 0 Å². The highest BCUT2D eigenvalue weighted by atomic mass is 32.1. The van der Waals surface area contributed by atoms with E-state index in [0.717, 1.165) is 35.0 Å². The summed E-state index contributed by atoms with van der Waals surface area (Å²) in [5.74, 6) is 0.609. The summed E-state index contributed by atoms with van der Waals surface area (Å²) in [6.07, 6.45) is 4.64. The molecule has 26 heavy (non-hydrogen) atoms. The maximum absolute atomic E-state index is 13.0. The normalized spacial score (nSPS) is 26.1. The Morgan fingerprint density at radius 2 is 2.04 bits per heavy atom. The first-order valence-corrected chi connectivity index (χ1v) is 10.2. The zero-order chi connectivity index (χ0) is 18.4. The van der Waals surface area contributed by atoms with Crippen molar-refractivity contribution in [1.82, 2.24) is 14.5 Å². The number of thiophene rings is 1. The SMILES string of the molecule is C[C@@H]1CCc2c(sc3ncn(CC(=O)N4C[C@@H](C)O[C@H](C)C4)c(=O)c23)C1. The van der Waals surface area contributed by atoms with Gasteiger partial charge in [0.05, 0.1) is 23.9 Å². The maximum atomic E-state index is 13.0. The molecule has 0 unspecified atom stereocenters. The number of amides is 1. The van der Waals surface area contributed by atoms with E-state index in [1.165, 1.54) is 15.8 Å². The van der Waals surface area contributed by atoms with Crippen molar-refractivity contribution >= 4 is 27.5 Å². The lowest BCUT2D eigenvalue weighted by molar-refractivity contribution is -0.143. The fraction of sp³-hybridized carbons (Fsp3) is 0.632. The molecule has 0 aromatic carbocycles. The molecule has 4 rings (SSSR count). The molecule has 2 aliphatic rings. The number of carbonyl (C=O) groups excluding carboxylic acids is 1. The summed E-state index contributed by atoms with van der Waals surface area (Å²) in [7, 11) is 0. The van der Waals surface area contributed by atoms with Gasteiger partial charge in [-0.25, -0.2) is 4.98 Å². The third kappa shape index (κ3) is 3.18. The summed E-state index contributed by atoms with van der Waals surface area (Å²) in [5, 5.41) is 0.732. The van der Waals surface area contributed by atoms with Crippen molar-refractivity contribution in [2.75, 3.05) is 13.1 Å². The quantitative estimate of drug-likeness (QED) is 0.807. The zero-order valence-electron chi connectivity index (χ0n) is 15.5. The number of hydrogen-bond donors (Lipinski definition) is 0. The second-order valence-electron chi connectivity index (χ2n) is 7.77. The first kappa shape index (κ1) is 17.7. The van der Waals surface area contributed by atoms with Gasteiger partial charge in [-0.3, -0.25) is 14.2 Å². The molecule has 1 fully saturated rings. The van der Waals surface area contributed by atoms with Crippen LogP contribution in [0.25, 0.3) is 10.2 Å². The Bertz CT molecular complexity index is 893. The lowest BCUT2D eigenvalue weighted by Gasteiger charge is -2.35. The van der Waals surface area contributed by atoms with Crippen molar-refractivity contribution in [3.8, 4) is 0 Å². The number of morpholine rings is 1. The average molecular weight is 375 g/mol. The molecule has 3 atom stereocenters. The molecule has 0 radical (unpaired) electrons. The third-order valence-corrected chi connectivity index (χ3v) is 6.52. The highest BCUT2D eigenvalue weighted by molar-refractivity contribution is 7.18. The minimum Gasteiger partial charge on any atom is -0.372 e. The van der Waals surface area contributed by atoms with Gasteiger partial charge in [0.2, 0.25) is 5.91 Å². The Morgan fingerprint density at radius 1 is 1.31 bits per heavy atom. The van der Waals surface area contributed by atoms with Crippen molar-refractivity contribution in [3.05, 3.63) is 27.1 Å². The smallest absolute Gasteiger partial charge is 0.262 e. The molecule has 0 N–H and O–H groups in total. The fourth-order valence-corrected chi connectivity index (χ4v) is 5.45. The van der Waals surface area contributed by atoms with E-state index in [4.69, 9.17) is 4.74 Å². The van der Waals surface area contributed by atoms with Gasteiger partial charge in [-0.2, -0.15) is 0 Å². The Morgan fingerprint density at radius 3 is 2.77 bits per heavy atom. The molecule has 1 amide bonds. The van der Waals surface area contributed by atoms with E-state index in [2.05, 4.69) is 11.9 Å². The van der Waals surface area contributed by atoms with Gasteiger partial charge in [-0.1, -0.05) is 6.92 Å². The molecule has 7 heteroatoms. The van der Waals surface area contributed by atoms with Crippen molar-refractivity contribution in [1.29, 1.82) is 0 Å². The summed E-state index contributed by atoms with van der Waals surface area (Å²) in [6.45, 7) is 7.37. The molecular weight excluding hydrogens is 350 g/mol. The van der Waals surface area contributed by atoms with Crippen LogP contribution in [0.4, 0.5) is 0 Å². The molecule has 0 saturated carbocycles. The van der Waals surface area contributed by atoms with Gasteiger partial charge >= 0.3 is 0 Å². The van der Waals surface area contributed by atoms with E-state index < -0.39 is 0 Å². The molecule has 0 bridgehead atoms. The fourth-order valence-electron chi connectivity index (χ4n) is 4.11. The minimum atomic E-state index is -0.0789. The Balaban J connectivity index is 1.62. The van der Waals surface area contributed by atoms with Crippen LogP contribution in [0.2, 0.25) is 0 Å².